The molecule has 0 saturated carbocycles. The van der Waals surface area contributed by atoms with Crippen molar-refractivity contribution in [3.63, 3.8) is 0 Å². The van der Waals surface area contributed by atoms with Gasteiger partial charge in [0, 0.05) is 45.9 Å². The van der Waals surface area contributed by atoms with E-state index in [0.717, 1.165) is 13.1 Å². The largest absolute Gasteiger partial charge is 0.363 e. The Balaban J connectivity index is 2.41. The van der Waals surface area contributed by atoms with Gasteiger partial charge in [-0.1, -0.05) is 0 Å². The second-order valence-electron chi connectivity index (χ2n) is 5.08. The number of rotatable bonds is 4. The van der Waals surface area contributed by atoms with Gasteiger partial charge in [0.1, 0.15) is 5.69 Å². The molecule has 1 aliphatic rings. The molecule has 1 amide bonds. The summed E-state index contributed by atoms with van der Waals surface area (Å²) in [6.07, 6.45) is 0. The standard InChI is InChI=1S/C13H18N4O3/c1-15(2)13(18)9-4-5-11(17(19)20)12(6-9)16(3)10-7-14-8-10/h4-6,10,14H,7-8H2,1-3H3. The number of hydrogen-bond donors (Lipinski definition) is 1. The fourth-order valence-corrected chi connectivity index (χ4v) is 2.10. The van der Waals surface area contributed by atoms with Gasteiger partial charge in [0.05, 0.1) is 11.0 Å². The summed E-state index contributed by atoms with van der Waals surface area (Å²) < 4.78 is 0. The first-order valence-corrected chi connectivity index (χ1v) is 6.35. The Kier molecular flexibility index (Phi) is 3.89. The molecular weight excluding hydrogens is 260 g/mol. The van der Waals surface area contributed by atoms with E-state index >= 15 is 0 Å². The number of nitrogens with one attached hydrogen (secondary N) is 1. The van der Waals surface area contributed by atoms with E-state index in [9.17, 15) is 14.9 Å². The normalized spacial score (nSPS) is 14.6. The number of hydrogen-bond acceptors (Lipinski definition) is 5. The molecule has 0 bridgehead atoms. The van der Waals surface area contributed by atoms with Gasteiger partial charge in [-0.15, -0.1) is 0 Å². The third-order valence-electron chi connectivity index (χ3n) is 3.51. The molecule has 7 nitrogen and oxygen atoms in total. The molecule has 0 aromatic heterocycles. The Bertz CT molecular complexity index is 540. The minimum absolute atomic E-state index is 0.0229. The monoisotopic (exact) mass is 278 g/mol. The topological polar surface area (TPSA) is 78.7 Å². The van der Waals surface area contributed by atoms with Crippen molar-refractivity contribution < 1.29 is 9.72 Å². The molecule has 1 saturated heterocycles. The van der Waals surface area contributed by atoms with E-state index in [1.807, 2.05) is 11.9 Å². The highest BCUT2D eigenvalue weighted by atomic mass is 16.6. The average Bonchev–Trinajstić information content (AvgIpc) is 2.34. The van der Waals surface area contributed by atoms with Crippen molar-refractivity contribution in [1.82, 2.24) is 10.2 Å². The van der Waals surface area contributed by atoms with Crippen molar-refractivity contribution in [2.45, 2.75) is 6.04 Å². The van der Waals surface area contributed by atoms with Gasteiger partial charge >= 0.3 is 0 Å². The van der Waals surface area contributed by atoms with Gasteiger partial charge in [-0.2, -0.15) is 0 Å². The Labute approximate surface area is 117 Å². The fourth-order valence-electron chi connectivity index (χ4n) is 2.10. The number of nitrogens with zero attached hydrogens (tertiary/aromatic N) is 3. The van der Waals surface area contributed by atoms with Crippen LogP contribution in [0.3, 0.4) is 0 Å². The summed E-state index contributed by atoms with van der Waals surface area (Å²) in [5.41, 5.74) is 0.957. The van der Waals surface area contributed by atoms with Crippen LogP contribution in [0.15, 0.2) is 18.2 Å². The molecule has 1 aliphatic heterocycles. The Morgan fingerprint density at radius 2 is 2.00 bits per heavy atom. The number of amides is 1. The lowest BCUT2D eigenvalue weighted by atomic mass is 10.1. The summed E-state index contributed by atoms with van der Waals surface area (Å²) in [5.74, 6) is -0.165. The van der Waals surface area contributed by atoms with Gasteiger partial charge in [0.25, 0.3) is 11.6 Å². The zero-order valence-corrected chi connectivity index (χ0v) is 11.8. The predicted molar refractivity (Wildman–Crippen MR) is 76.2 cm³/mol. The van der Waals surface area contributed by atoms with E-state index in [1.165, 1.54) is 17.0 Å². The SMILES string of the molecule is CN(C)C(=O)c1ccc([N+](=O)[O-])c(N(C)C2CNC2)c1. The maximum absolute atomic E-state index is 12.0. The predicted octanol–water partition coefficient (Wildman–Crippen LogP) is 0.705. The van der Waals surface area contributed by atoms with Crippen LogP contribution in [0.5, 0.6) is 0 Å². The van der Waals surface area contributed by atoms with Crippen molar-refractivity contribution in [2.75, 3.05) is 39.1 Å². The lowest BCUT2D eigenvalue weighted by Gasteiger charge is -2.36. The zero-order valence-electron chi connectivity index (χ0n) is 11.8. The third kappa shape index (κ3) is 2.57. The first-order chi connectivity index (χ1) is 9.41. The van der Waals surface area contributed by atoms with Crippen LogP contribution in [0.1, 0.15) is 10.4 Å². The van der Waals surface area contributed by atoms with Gasteiger partial charge in [-0.05, 0) is 12.1 Å². The van der Waals surface area contributed by atoms with Crippen molar-refractivity contribution in [1.29, 1.82) is 0 Å². The fraction of sp³-hybridized carbons (Fsp3) is 0.462. The Hall–Kier alpha value is -2.15. The Morgan fingerprint density at radius 3 is 2.45 bits per heavy atom. The maximum Gasteiger partial charge on any atom is 0.292 e. The highest BCUT2D eigenvalue weighted by Crippen LogP contribution is 2.30. The summed E-state index contributed by atoms with van der Waals surface area (Å²) in [7, 11) is 5.13. The first-order valence-electron chi connectivity index (χ1n) is 6.35. The Morgan fingerprint density at radius 1 is 1.35 bits per heavy atom. The van der Waals surface area contributed by atoms with Crippen molar-refractivity contribution in [3.05, 3.63) is 33.9 Å². The molecular formula is C13H18N4O3. The highest BCUT2D eigenvalue weighted by Gasteiger charge is 2.27. The number of anilines is 1. The first kappa shape index (κ1) is 14.3. The number of nitro benzene ring substituents is 1. The quantitative estimate of drug-likeness (QED) is 0.648. The van der Waals surface area contributed by atoms with Crippen LogP contribution in [0.2, 0.25) is 0 Å². The number of carbonyl (C=O) groups is 1. The van der Waals surface area contributed by atoms with Gasteiger partial charge in [-0.3, -0.25) is 14.9 Å². The molecule has 2 rings (SSSR count). The van der Waals surface area contributed by atoms with Gasteiger partial charge < -0.3 is 15.1 Å². The van der Waals surface area contributed by atoms with E-state index in [2.05, 4.69) is 5.32 Å². The van der Waals surface area contributed by atoms with E-state index in [4.69, 9.17) is 0 Å². The van der Waals surface area contributed by atoms with Crippen molar-refractivity contribution in [2.24, 2.45) is 0 Å². The van der Waals surface area contributed by atoms with E-state index < -0.39 is 4.92 Å². The molecule has 1 heterocycles. The van der Waals surface area contributed by atoms with Crippen molar-refractivity contribution >= 4 is 17.3 Å². The molecule has 1 fully saturated rings. The number of benzene rings is 1. The molecule has 0 unspecified atom stereocenters. The number of nitro groups is 1. The van der Waals surface area contributed by atoms with E-state index in [1.54, 1.807) is 20.2 Å². The van der Waals surface area contributed by atoms with Crippen LogP contribution in [0.4, 0.5) is 11.4 Å². The second-order valence-corrected chi connectivity index (χ2v) is 5.08. The van der Waals surface area contributed by atoms with Crippen LogP contribution in [0.25, 0.3) is 0 Å². The molecule has 20 heavy (non-hydrogen) atoms. The summed E-state index contributed by atoms with van der Waals surface area (Å²) in [4.78, 5) is 26.0. The minimum atomic E-state index is -0.415. The molecule has 1 aromatic rings. The molecule has 0 radical (unpaired) electrons. The molecule has 0 atom stereocenters. The molecule has 1 N–H and O–H groups in total. The number of likely N-dealkylation sites (N-methyl/N-ethyl adjacent to an activating group) is 1. The van der Waals surface area contributed by atoms with Crippen LogP contribution in [-0.2, 0) is 0 Å². The van der Waals surface area contributed by atoms with Crippen LogP contribution in [0, 0.1) is 10.1 Å². The number of carbonyl (C=O) groups excluding carboxylic acids is 1. The maximum atomic E-state index is 12.0. The van der Waals surface area contributed by atoms with Crippen LogP contribution >= 0.6 is 0 Å². The molecule has 0 aliphatic carbocycles. The molecule has 1 aromatic carbocycles. The van der Waals surface area contributed by atoms with Gasteiger partial charge in [0.15, 0.2) is 0 Å². The van der Waals surface area contributed by atoms with Crippen LogP contribution < -0.4 is 10.2 Å². The van der Waals surface area contributed by atoms with Crippen molar-refractivity contribution in [3.8, 4) is 0 Å². The lowest BCUT2D eigenvalue weighted by molar-refractivity contribution is -0.384. The van der Waals surface area contributed by atoms with E-state index in [0.29, 0.717) is 11.3 Å². The van der Waals surface area contributed by atoms with Gasteiger partial charge in [0.2, 0.25) is 0 Å². The summed E-state index contributed by atoms with van der Waals surface area (Å²) >= 11 is 0. The van der Waals surface area contributed by atoms with Crippen LogP contribution in [-0.4, -0.2) is 56.0 Å². The molecule has 7 heteroatoms. The summed E-state index contributed by atoms with van der Waals surface area (Å²) in [5, 5.41) is 14.3. The van der Waals surface area contributed by atoms with Gasteiger partial charge in [-0.25, -0.2) is 0 Å². The minimum Gasteiger partial charge on any atom is -0.363 e. The zero-order chi connectivity index (χ0) is 14.9. The lowest BCUT2D eigenvalue weighted by Crippen LogP contribution is -2.56. The smallest absolute Gasteiger partial charge is 0.292 e. The molecule has 0 spiro atoms. The third-order valence-corrected chi connectivity index (χ3v) is 3.51. The average molecular weight is 278 g/mol. The summed E-state index contributed by atoms with van der Waals surface area (Å²) in [6, 6.07) is 4.71. The van der Waals surface area contributed by atoms with E-state index in [-0.39, 0.29) is 17.6 Å². The molecule has 108 valence electrons. The second kappa shape index (κ2) is 5.46. The highest BCUT2D eigenvalue weighted by molar-refractivity contribution is 5.95. The summed E-state index contributed by atoms with van der Waals surface area (Å²) in [6.45, 7) is 1.58.